The largest absolute Gasteiger partial charge is 0.297 e. The topological polar surface area (TPSA) is 65.8 Å². The maximum absolute atomic E-state index is 12.2. The number of aromatic nitrogens is 1. The zero-order chi connectivity index (χ0) is 16.2. The van der Waals surface area contributed by atoms with Crippen molar-refractivity contribution in [3.8, 4) is 6.07 Å². The van der Waals surface area contributed by atoms with E-state index in [1.54, 1.807) is 24.3 Å². The molecule has 1 N–H and O–H groups in total. The zero-order valence-electron chi connectivity index (χ0n) is 11.8. The Morgan fingerprint density at radius 1 is 1.26 bits per heavy atom. The number of nitriles is 1. The lowest BCUT2D eigenvalue weighted by atomic mass is 10.1. The lowest BCUT2D eigenvalue weighted by Crippen LogP contribution is -2.13. The standard InChI is InChI=1S/C17H10ClN3OS/c18-13-6-7-14-15(9-13)23-17(20-14)21-16(22)12(10-19)8-11-4-2-1-3-5-11/h1-9H,(H,20,21,22)/b12-8+. The van der Waals surface area contributed by atoms with Crippen LogP contribution in [-0.2, 0) is 4.79 Å². The van der Waals surface area contributed by atoms with E-state index in [2.05, 4.69) is 10.3 Å². The Bertz CT molecular complexity index is 941. The summed E-state index contributed by atoms with van der Waals surface area (Å²) in [5.41, 5.74) is 1.56. The maximum Gasteiger partial charge on any atom is 0.268 e. The van der Waals surface area contributed by atoms with E-state index in [1.807, 2.05) is 36.4 Å². The molecular formula is C17H10ClN3OS. The number of hydrogen-bond acceptors (Lipinski definition) is 4. The summed E-state index contributed by atoms with van der Waals surface area (Å²) in [4.78, 5) is 16.5. The lowest BCUT2D eigenvalue weighted by molar-refractivity contribution is -0.112. The Balaban J connectivity index is 1.84. The summed E-state index contributed by atoms with van der Waals surface area (Å²) in [7, 11) is 0. The molecule has 6 heteroatoms. The van der Waals surface area contributed by atoms with Crippen LogP contribution < -0.4 is 5.32 Å². The molecule has 0 spiro atoms. The highest BCUT2D eigenvalue weighted by Crippen LogP contribution is 2.28. The van der Waals surface area contributed by atoms with Crippen LogP contribution in [0.1, 0.15) is 5.56 Å². The van der Waals surface area contributed by atoms with Crippen molar-refractivity contribution in [3.05, 3.63) is 64.7 Å². The first-order valence-corrected chi connectivity index (χ1v) is 7.89. The third-order valence-corrected chi connectivity index (χ3v) is 4.22. The van der Waals surface area contributed by atoms with Gasteiger partial charge in [-0.2, -0.15) is 5.26 Å². The number of carbonyl (C=O) groups excluding carboxylic acids is 1. The van der Waals surface area contributed by atoms with Crippen molar-refractivity contribution < 1.29 is 4.79 Å². The number of hydrogen-bond donors (Lipinski definition) is 1. The molecule has 4 nitrogen and oxygen atoms in total. The highest BCUT2D eigenvalue weighted by Gasteiger charge is 2.12. The predicted octanol–water partition coefficient (Wildman–Crippen LogP) is 4.50. The maximum atomic E-state index is 12.2. The van der Waals surface area contributed by atoms with E-state index in [9.17, 15) is 10.1 Å². The number of nitrogens with one attached hydrogen (secondary N) is 1. The third-order valence-electron chi connectivity index (χ3n) is 3.05. The summed E-state index contributed by atoms with van der Waals surface area (Å²) in [6.07, 6.45) is 1.54. The van der Waals surface area contributed by atoms with Gasteiger partial charge >= 0.3 is 0 Å². The van der Waals surface area contributed by atoms with E-state index in [-0.39, 0.29) is 5.57 Å². The van der Waals surface area contributed by atoms with E-state index in [0.29, 0.717) is 10.2 Å². The molecule has 0 atom stereocenters. The summed E-state index contributed by atoms with van der Waals surface area (Å²) in [6.45, 7) is 0. The number of thiazole rings is 1. The molecular weight excluding hydrogens is 330 g/mol. The zero-order valence-corrected chi connectivity index (χ0v) is 13.4. The molecule has 0 bridgehead atoms. The average molecular weight is 340 g/mol. The molecule has 2 aromatic carbocycles. The Hall–Kier alpha value is -2.68. The van der Waals surface area contributed by atoms with Gasteiger partial charge in [0.2, 0.25) is 0 Å². The Labute approximate surface area is 141 Å². The van der Waals surface area contributed by atoms with Crippen LogP contribution in [0.25, 0.3) is 16.3 Å². The van der Waals surface area contributed by atoms with Crippen LogP contribution >= 0.6 is 22.9 Å². The Morgan fingerprint density at radius 3 is 2.78 bits per heavy atom. The summed E-state index contributed by atoms with van der Waals surface area (Å²) in [5.74, 6) is -0.485. The molecule has 3 aromatic rings. The second-order valence-electron chi connectivity index (χ2n) is 4.67. The van der Waals surface area contributed by atoms with Gasteiger partial charge in [0.25, 0.3) is 5.91 Å². The molecule has 0 aliphatic rings. The first-order chi connectivity index (χ1) is 11.2. The van der Waals surface area contributed by atoms with E-state index < -0.39 is 5.91 Å². The van der Waals surface area contributed by atoms with Crippen molar-refractivity contribution in [2.45, 2.75) is 0 Å². The smallest absolute Gasteiger partial charge is 0.268 e. The quantitative estimate of drug-likeness (QED) is 0.564. The van der Waals surface area contributed by atoms with Gasteiger partial charge in [-0.3, -0.25) is 10.1 Å². The molecule has 1 heterocycles. The van der Waals surface area contributed by atoms with Gasteiger partial charge in [0.05, 0.1) is 10.2 Å². The van der Waals surface area contributed by atoms with Crippen molar-refractivity contribution in [1.29, 1.82) is 5.26 Å². The molecule has 112 valence electrons. The molecule has 0 radical (unpaired) electrons. The number of nitrogens with zero attached hydrogens (tertiary/aromatic N) is 2. The van der Waals surface area contributed by atoms with Gasteiger partial charge in [-0.1, -0.05) is 53.3 Å². The minimum atomic E-state index is -0.485. The average Bonchev–Trinajstić information content (AvgIpc) is 2.94. The second kappa shape index (κ2) is 6.61. The lowest BCUT2D eigenvalue weighted by Gasteiger charge is -1.99. The SMILES string of the molecule is N#C/C(=C\c1ccccc1)C(=O)Nc1nc2ccc(Cl)cc2s1. The molecule has 0 saturated carbocycles. The molecule has 0 unspecified atom stereocenters. The number of rotatable bonds is 3. The first kappa shape index (κ1) is 15.2. The molecule has 1 aromatic heterocycles. The summed E-state index contributed by atoms with van der Waals surface area (Å²) in [6, 6.07) is 16.4. The molecule has 0 saturated heterocycles. The highest BCUT2D eigenvalue weighted by molar-refractivity contribution is 7.22. The number of amides is 1. The van der Waals surface area contributed by atoms with Crippen LogP contribution in [0.2, 0.25) is 5.02 Å². The van der Waals surface area contributed by atoms with Crippen LogP contribution in [0.5, 0.6) is 0 Å². The first-order valence-electron chi connectivity index (χ1n) is 6.70. The fourth-order valence-corrected chi connectivity index (χ4v) is 3.12. The highest BCUT2D eigenvalue weighted by atomic mass is 35.5. The molecule has 0 aliphatic carbocycles. The van der Waals surface area contributed by atoms with Crippen LogP contribution in [0.15, 0.2) is 54.1 Å². The molecule has 0 aliphatic heterocycles. The van der Waals surface area contributed by atoms with Crippen LogP contribution in [0.4, 0.5) is 5.13 Å². The van der Waals surface area contributed by atoms with Gasteiger partial charge in [0.15, 0.2) is 5.13 Å². The normalized spacial score (nSPS) is 11.2. The fraction of sp³-hybridized carbons (Fsp3) is 0. The predicted molar refractivity (Wildman–Crippen MR) is 93.3 cm³/mol. The third kappa shape index (κ3) is 3.57. The summed E-state index contributed by atoms with van der Waals surface area (Å²) >= 11 is 7.25. The molecule has 1 amide bonds. The van der Waals surface area contributed by atoms with Crippen molar-refractivity contribution in [3.63, 3.8) is 0 Å². The van der Waals surface area contributed by atoms with E-state index >= 15 is 0 Å². The van der Waals surface area contributed by atoms with Crippen molar-refractivity contribution in [2.24, 2.45) is 0 Å². The van der Waals surface area contributed by atoms with Gasteiger partial charge in [0.1, 0.15) is 11.6 Å². The summed E-state index contributed by atoms with van der Waals surface area (Å²) in [5, 5.41) is 12.9. The molecule has 3 rings (SSSR count). The Kier molecular flexibility index (Phi) is 4.38. The van der Waals surface area contributed by atoms with Gasteiger partial charge in [-0.15, -0.1) is 0 Å². The van der Waals surface area contributed by atoms with E-state index in [1.165, 1.54) is 11.3 Å². The second-order valence-corrected chi connectivity index (χ2v) is 6.13. The number of benzene rings is 2. The summed E-state index contributed by atoms with van der Waals surface area (Å²) < 4.78 is 0.873. The minimum Gasteiger partial charge on any atom is -0.297 e. The number of halogens is 1. The van der Waals surface area contributed by atoms with Gasteiger partial charge in [-0.25, -0.2) is 4.98 Å². The van der Waals surface area contributed by atoms with Gasteiger partial charge < -0.3 is 0 Å². The number of anilines is 1. The van der Waals surface area contributed by atoms with Crippen LogP contribution in [-0.4, -0.2) is 10.9 Å². The van der Waals surface area contributed by atoms with E-state index in [4.69, 9.17) is 11.6 Å². The fourth-order valence-electron chi connectivity index (χ4n) is 1.98. The number of fused-ring (bicyclic) bond motifs is 1. The Morgan fingerprint density at radius 2 is 2.04 bits per heavy atom. The van der Waals surface area contributed by atoms with Gasteiger partial charge in [0, 0.05) is 5.02 Å². The number of carbonyl (C=O) groups is 1. The van der Waals surface area contributed by atoms with Crippen LogP contribution in [0, 0.1) is 11.3 Å². The van der Waals surface area contributed by atoms with Crippen molar-refractivity contribution in [2.75, 3.05) is 5.32 Å². The minimum absolute atomic E-state index is 0.0217. The van der Waals surface area contributed by atoms with Crippen molar-refractivity contribution >= 4 is 50.3 Å². The monoisotopic (exact) mass is 339 g/mol. The molecule has 23 heavy (non-hydrogen) atoms. The van der Waals surface area contributed by atoms with E-state index in [0.717, 1.165) is 15.8 Å². The van der Waals surface area contributed by atoms with Crippen molar-refractivity contribution in [1.82, 2.24) is 4.98 Å². The van der Waals surface area contributed by atoms with Gasteiger partial charge in [-0.05, 0) is 29.8 Å². The van der Waals surface area contributed by atoms with Crippen LogP contribution in [0.3, 0.4) is 0 Å². The molecule has 0 fully saturated rings.